The van der Waals surface area contributed by atoms with Gasteiger partial charge in [-0.2, -0.15) is 8.78 Å². The monoisotopic (exact) mass is 592 g/mol. The first kappa shape index (κ1) is 29.5. The maximum atomic E-state index is 16.0. The summed E-state index contributed by atoms with van der Waals surface area (Å²) in [5, 5.41) is 20.6. The molecule has 0 fully saturated rings. The Balaban J connectivity index is 1.32. The molecule has 220 valence electrons. The molecule has 0 amide bonds. The molecule has 1 aromatic heterocycles. The van der Waals surface area contributed by atoms with E-state index in [9.17, 15) is 18.3 Å². The highest BCUT2D eigenvalue weighted by molar-refractivity contribution is 5.55. The van der Waals surface area contributed by atoms with E-state index < -0.39 is 41.0 Å². The first-order valence-corrected chi connectivity index (χ1v) is 13.0. The molecule has 5 rings (SSSR count). The first-order chi connectivity index (χ1) is 20.5. The molecule has 1 aliphatic rings. The van der Waals surface area contributed by atoms with Gasteiger partial charge in [0.2, 0.25) is 0 Å². The molecule has 0 spiro atoms. The van der Waals surface area contributed by atoms with Crippen LogP contribution in [0.5, 0.6) is 0 Å². The van der Waals surface area contributed by atoms with Gasteiger partial charge in [0.25, 0.3) is 0 Å². The summed E-state index contributed by atoms with van der Waals surface area (Å²) >= 11 is 0. The Morgan fingerprint density at radius 1 is 0.884 bits per heavy atom. The lowest BCUT2D eigenvalue weighted by Gasteiger charge is -2.38. The molecular formula is C31H25F5N6O. The van der Waals surface area contributed by atoms with E-state index in [1.807, 2.05) is 12.1 Å². The number of alkyl halides is 2. The van der Waals surface area contributed by atoms with Crippen molar-refractivity contribution in [1.82, 2.24) is 20.6 Å². The summed E-state index contributed by atoms with van der Waals surface area (Å²) in [5.41, 5.74) is 0.508. The van der Waals surface area contributed by atoms with Crippen LogP contribution in [-0.4, -0.2) is 40.1 Å². The fraction of sp³-hybridized carbons (Fsp3) is 0.161. The predicted molar refractivity (Wildman–Crippen MR) is 151 cm³/mol. The van der Waals surface area contributed by atoms with Gasteiger partial charge in [0.1, 0.15) is 29.5 Å². The van der Waals surface area contributed by atoms with Crippen molar-refractivity contribution in [2.75, 3.05) is 18.9 Å². The fourth-order valence-electron chi connectivity index (χ4n) is 4.37. The summed E-state index contributed by atoms with van der Waals surface area (Å²) in [6, 6.07) is 17.7. The van der Waals surface area contributed by atoms with Crippen molar-refractivity contribution in [3.05, 3.63) is 130 Å². The molecule has 4 aromatic rings. The maximum absolute atomic E-state index is 16.0. The normalized spacial score (nSPS) is 14.3. The van der Waals surface area contributed by atoms with Gasteiger partial charge < -0.3 is 10.4 Å². The van der Waals surface area contributed by atoms with Crippen LogP contribution in [0.1, 0.15) is 27.9 Å². The first-order valence-electron chi connectivity index (χ1n) is 13.0. The lowest BCUT2D eigenvalue weighted by atomic mass is 9.84. The topological polar surface area (TPSA) is 76.0 Å². The van der Waals surface area contributed by atoms with E-state index in [1.165, 1.54) is 30.4 Å². The largest absolute Gasteiger partial charge is 0.381 e. The van der Waals surface area contributed by atoms with Crippen molar-refractivity contribution in [1.29, 1.82) is 0 Å². The number of nitrogens with zero attached hydrogens (tertiary/aromatic N) is 4. The van der Waals surface area contributed by atoms with Crippen LogP contribution in [0.15, 0.2) is 90.2 Å². The summed E-state index contributed by atoms with van der Waals surface area (Å²) in [6.07, 6.45) is 2.27. The van der Waals surface area contributed by atoms with Gasteiger partial charge in [-0.25, -0.2) is 18.3 Å². The van der Waals surface area contributed by atoms with Crippen LogP contribution in [0.2, 0.25) is 0 Å². The molecule has 3 aromatic carbocycles. The number of aliphatic hydroxyl groups is 1. The van der Waals surface area contributed by atoms with Gasteiger partial charge in [-0.1, -0.05) is 24.0 Å². The van der Waals surface area contributed by atoms with Crippen LogP contribution in [-0.2, 0) is 18.1 Å². The molecule has 1 atom stereocenters. The van der Waals surface area contributed by atoms with Gasteiger partial charge in [-0.05, 0) is 66.2 Å². The average Bonchev–Trinajstić information content (AvgIpc) is 3.40. The van der Waals surface area contributed by atoms with E-state index in [0.717, 1.165) is 47.0 Å². The molecule has 12 heteroatoms. The van der Waals surface area contributed by atoms with Gasteiger partial charge >= 0.3 is 5.92 Å². The standard InChI is InChI=1S/C31H25F5N6O/c1-41-39-20-42(40-41)19-30(43,27-14-11-25(33)16-28(27)34)31(35,36)29-15-8-23(18-38-29)7-4-21-2-5-22(6-3-21)17-37-26-12-9-24(32)10-13-26/h2-3,5-6,8-16,18,20,37,40,43H,17,19H2,1H3. The van der Waals surface area contributed by atoms with Gasteiger partial charge in [-0.15, -0.1) is 10.6 Å². The lowest BCUT2D eigenvalue weighted by molar-refractivity contribution is -0.207. The minimum atomic E-state index is -4.13. The maximum Gasteiger partial charge on any atom is 0.323 e. The zero-order chi connectivity index (χ0) is 30.6. The van der Waals surface area contributed by atoms with Crippen molar-refractivity contribution in [3.8, 4) is 11.8 Å². The number of hydrazone groups is 1. The second kappa shape index (κ2) is 12.1. The van der Waals surface area contributed by atoms with Gasteiger partial charge in [-0.3, -0.25) is 9.99 Å². The van der Waals surface area contributed by atoms with E-state index in [0.29, 0.717) is 23.7 Å². The van der Waals surface area contributed by atoms with Gasteiger partial charge in [0.15, 0.2) is 5.60 Å². The summed E-state index contributed by atoms with van der Waals surface area (Å²) in [6.45, 7) is -0.334. The third-order valence-electron chi connectivity index (χ3n) is 6.66. The molecule has 2 heterocycles. The van der Waals surface area contributed by atoms with Crippen LogP contribution in [0.25, 0.3) is 0 Å². The number of nitrogens with one attached hydrogen (secondary N) is 2. The number of hydrogen-bond acceptors (Lipinski definition) is 7. The quantitative estimate of drug-likeness (QED) is 0.195. The third kappa shape index (κ3) is 6.58. The van der Waals surface area contributed by atoms with Crippen molar-refractivity contribution in [2.24, 2.45) is 5.10 Å². The van der Waals surface area contributed by atoms with Crippen LogP contribution < -0.4 is 10.9 Å². The highest BCUT2D eigenvalue weighted by Gasteiger charge is 2.58. The molecule has 0 saturated carbocycles. The third-order valence-corrected chi connectivity index (χ3v) is 6.66. The zero-order valence-corrected chi connectivity index (χ0v) is 22.7. The predicted octanol–water partition coefficient (Wildman–Crippen LogP) is 5.10. The summed E-state index contributed by atoms with van der Waals surface area (Å²) in [7, 11) is 1.50. The summed E-state index contributed by atoms with van der Waals surface area (Å²) in [4.78, 5) is 3.84. The lowest BCUT2D eigenvalue weighted by Crippen LogP contribution is -2.55. The molecule has 0 saturated heterocycles. The number of hydrogen-bond donors (Lipinski definition) is 3. The smallest absolute Gasteiger partial charge is 0.323 e. The number of aromatic nitrogens is 1. The van der Waals surface area contributed by atoms with Gasteiger partial charge in [0.05, 0.1) is 6.54 Å². The molecule has 3 N–H and O–H groups in total. The Morgan fingerprint density at radius 2 is 1.56 bits per heavy atom. The Morgan fingerprint density at radius 3 is 2.19 bits per heavy atom. The number of benzene rings is 3. The van der Waals surface area contributed by atoms with Crippen LogP contribution in [0, 0.1) is 29.3 Å². The zero-order valence-electron chi connectivity index (χ0n) is 22.7. The van der Waals surface area contributed by atoms with Gasteiger partial charge in [0, 0.05) is 48.2 Å². The fourth-order valence-corrected chi connectivity index (χ4v) is 4.37. The van der Waals surface area contributed by atoms with Crippen LogP contribution in [0.3, 0.4) is 0 Å². The number of anilines is 1. The minimum Gasteiger partial charge on any atom is -0.381 e. The number of halogens is 5. The molecule has 0 bridgehead atoms. The molecule has 0 radical (unpaired) electrons. The van der Waals surface area contributed by atoms with E-state index in [1.54, 1.807) is 24.3 Å². The van der Waals surface area contributed by atoms with E-state index in [-0.39, 0.29) is 5.82 Å². The highest BCUT2D eigenvalue weighted by atomic mass is 19.3. The second-order valence-corrected chi connectivity index (χ2v) is 9.78. The summed E-state index contributed by atoms with van der Waals surface area (Å²) < 4.78 is 73.4. The molecule has 0 aliphatic carbocycles. The average molecular weight is 593 g/mol. The van der Waals surface area contributed by atoms with Crippen molar-refractivity contribution >= 4 is 12.0 Å². The Hall–Kier alpha value is -4.99. The molecule has 1 aliphatic heterocycles. The Kier molecular flexibility index (Phi) is 8.29. The molecule has 1 unspecified atom stereocenters. The van der Waals surface area contributed by atoms with Crippen molar-refractivity contribution in [2.45, 2.75) is 18.1 Å². The molecular weight excluding hydrogens is 567 g/mol. The van der Waals surface area contributed by atoms with Crippen LogP contribution >= 0.6 is 0 Å². The van der Waals surface area contributed by atoms with E-state index >= 15 is 8.78 Å². The second-order valence-electron chi connectivity index (χ2n) is 9.78. The summed E-state index contributed by atoms with van der Waals surface area (Å²) in [5.74, 6) is -0.971. The molecule has 43 heavy (non-hydrogen) atoms. The number of hydrazine groups is 2. The van der Waals surface area contributed by atoms with Crippen LogP contribution in [0.4, 0.5) is 27.6 Å². The molecule has 7 nitrogen and oxygen atoms in total. The van der Waals surface area contributed by atoms with E-state index in [4.69, 9.17) is 0 Å². The van der Waals surface area contributed by atoms with Crippen molar-refractivity contribution < 1.29 is 27.1 Å². The number of pyridine rings is 1. The Labute approximate surface area is 244 Å². The SMILES string of the molecule is CN1N=CN(CC(O)(c2ccc(F)cc2F)C(F)(F)c2ccc(C#Cc3ccc(CNc4ccc(F)cc4)cc3)cn2)N1. The van der Waals surface area contributed by atoms with E-state index in [2.05, 4.69) is 32.8 Å². The Bertz CT molecular complexity index is 1670. The highest BCUT2D eigenvalue weighted by Crippen LogP contribution is 2.46. The number of β-amino-alcohol motifs (C(OH)–C–C–N with tert-alkyl or cyclic N) is 1. The van der Waals surface area contributed by atoms with Crippen molar-refractivity contribution in [3.63, 3.8) is 0 Å². The number of rotatable bonds is 8. The minimum absolute atomic E-state index is 0.312.